The van der Waals surface area contributed by atoms with E-state index in [1.807, 2.05) is 13.8 Å². The van der Waals surface area contributed by atoms with Gasteiger partial charge >= 0.3 is 0 Å². The van der Waals surface area contributed by atoms with Crippen molar-refractivity contribution in [3.05, 3.63) is 22.7 Å². The Labute approximate surface area is 107 Å². The van der Waals surface area contributed by atoms with E-state index in [1.54, 1.807) is 28.9 Å². The molecule has 6 nitrogen and oxygen atoms in total. The predicted molar refractivity (Wildman–Crippen MR) is 70.6 cm³/mol. The van der Waals surface area contributed by atoms with Gasteiger partial charge in [-0.2, -0.15) is 0 Å². The molecule has 1 rings (SSSR count). The van der Waals surface area contributed by atoms with E-state index < -0.39 is 0 Å². The molecule has 6 heteroatoms. The number of hydrogen-bond acceptors (Lipinski definition) is 4. The second kappa shape index (κ2) is 6.78. The van der Waals surface area contributed by atoms with Crippen molar-refractivity contribution in [2.75, 3.05) is 25.5 Å². The second-order valence-corrected chi connectivity index (χ2v) is 4.04. The molecule has 0 atom stereocenters. The second-order valence-electron chi connectivity index (χ2n) is 4.04. The number of aryl methyl sites for hydroxylation is 1. The highest BCUT2D eigenvalue weighted by Crippen LogP contribution is 1.95. The van der Waals surface area contributed by atoms with E-state index in [1.165, 1.54) is 0 Å². The first-order valence-electron chi connectivity index (χ1n) is 6.13. The summed E-state index contributed by atoms with van der Waals surface area (Å²) in [5, 5.41) is 2.79. The van der Waals surface area contributed by atoms with Crippen LogP contribution in [0.4, 0.5) is 5.82 Å². The highest BCUT2D eigenvalue weighted by atomic mass is 16.2. The SMILES string of the molecule is CCCn1ccnc(NCC(=O)N(C)CC)c1=O. The summed E-state index contributed by atoms with van der Waals surface area (Å²) in [5.41, 5.74) is -0.189. The summed E-state index contributed by atoms with van der Waals surface area (Å²) in [7, 11) is 1.72. The molecule has 100 valence electrons. The molecule has 1 N–H and O–H groups in total. The Morgan fingerprint density at radius 1 is 1.50 bits per heavy atom. The fourth-order valence-corrected chi connectivity index (χ4v) is 1.46. The molecule has 0 saturated heterocycles. The number of aromatic nitrogens is 2. The van der Waals surface area contributed by atoms with Crippen LogP contribution in [-0.2, 0) is 11.3 Å². The molecule has 1 amide bonds. The molecule has 0 radical (unpaired) electrons. The predicted octanol–water partition coefficient (Wildman–Crippen LogP) is 0.543. The number of likely N-dealkylation sites (N-methyl/N-ethyl adjacent to an activating group) is 1. The van der Waals surface area contributed by atoms with Crippen LogP contribution in [0.3, 0.4) is 0 Å². The van der Waals surface area contributed by atoms with Crippen LogP contribution in [0, 0.1) is 0 Å². The molecule has 0 aliphatic rings. The summed E-state index contributed by atoms with van der Waals surface area (Å²) >= 11 is 0. The zero-order chi connectivity index (χ0) is 13.5. The minimum absolute atomic E-state index is 0.0652. The van der Waals surface area contributed by atoms with Crippen LogP contribution in [0.1, 0.15) is 20.3 Å². The standard InChI is InChI=1S/C12H20N4O2/c1-4-7-16-8-6-13-11(12(16)18)14-9-10(17)15(3)5-2/h6,8H,4-5,7,9H2,1-3H3,(H,13,14). The summed E-state index contributed by atoms with van der Waals surface area (Å²) in [5.74, 6) is 0.161. The number of rotatable bonds is 6. The van der Waals surface area contributed by atoms with Gasteiger partial charge in [-0.25, -0.2) is 4.98 Å². The number of carbonyl (C=O) groups excluding carboxylic acids is 1. The van der Waals surface area contributed by atoms with Crippen LogP contribution in [0.15, 0.2) is 17.2 Å². The van der Waals surface area contributed by atoms with Gasteiger partial charge < -0.3 is 14.8 Å². The number of amides is 1. The largest absolute Gasteiger partial charge is 0.356 e. The topological polar surface area (TPSA) is 67.2 Å². The van der Waals surface area contributed by atoms with Crippen molar-refractivity contribution < 1.29 is 4.79 Å². The van der Waals surface area contributed by atoms with Crippen LogP contribution in [0.5, 0.6) is 0 Å². The van der Waals surface area contributed by atoms with Crippen molar-refractivity contribution in [3.63, 3.8) is 0 Å². The lowest BCUT2D eigenvalue weighted by Crippen LogP contribution is -2.34. The highest BCUT2D eigenvalue weighted by Gasteiger charge is 2.09. The molecular weight excluding hydrogens is 232 g/mol. The van der Waals surface area contributed by atoms with E-state index in [2.05, 4.69) is 10.3 Å². The summed E-state index contributed by atoms with van der Waals surface area (Å²) < 4.78 is 1.59. The molecule has 0 aliphatic heterocycles. The van der Waals surface area contributed by atoms with Gasteiger partial charge in [0.05, 0.1) is 6.54 Å². The van der Waals surface area contributed by atoms with Crippen molar-refractivity contribution in [2.45, 2.75) is 26.8 Å². The van der Waals surface area contributed by atoms with Gasteiger partial charge in [0.2, 0.25) is 5.91 Å². The van der Waals surface area contributed by atoms with Crippen molar-refractivity contribution >= 4 is 11.7 Å². The molecule has 0 bridgehead atoms. The fourth-order valence-electron chi connectivity index (χ4n) is 1.46. The van der Waals surface area contributed by atoms with Gasteiger partial charge in [-0.05, 0) is 13.3 Å². The van der Waals surface area contributed by atoms with Gasteiger partial charge in [-0.1, -0.05) is 6.92 Å². The third kappa shape index (κ3) is 3.58. The molecule has 0 fully saturated rings. The van der Waals surface area contributed by atoms with Crippen molar-refractivity contribution in [2.24, 2.45) is 0 Å². The smallest absolute Gasteiger partial charge is 0.293 e. The summed E-state index contributed by atoms with van der Waals surface area (Å²) in [6.07, 6.45) is 4.09. The highest BCUT2D eigenvalue weighted by molar-refractivity contribution is 5.80. The van der Waals surface area contributed by atoms with Crippen LogP contribution in [0.2, 0.25) is 0 Å². The Balaban J connectivity index is 2.71. The molecule has 0 unspecified atom stereocenters. The molecule has 18 heavy (non-hydrogen) atoms. The summed E-state index contributed by atoms with van der Waals surface area (Å²) in [4.78, 5) is 29.1. The maximum atomic E-state index is 11.9. The third-order valence-corrected chi connectivity index (χ3v) is 2.69. The molecule has 1 aromatic heterocycles. The van der Waals surface area contributed by atoms with E-state index in [9.17, 15) is 9.59 Å². The summed E-state index contributed by atoms with van der Waals surface area (Å²) in [6, 6.07) is 0. The lowest BCUT2D eigenvalue weighted by Gasteiger charge is -2.15. The average Bonchev–Trinajstić information content (AvgIpc) is 2.38. The minimum Gasteiger partial charge on any atom is -0.356 e. The first kappa shape index (κ1) is 14.2. The number of nitrogens with one attached hydrogen (secondary N) is 1. The summed E-state index contributed by atoms with van der Waals surface area (Å²) in [6.45, 7) is 5.27. The zero-order valence-corrected chi connectivity index (χ0v) is 11.1. The Hall–Kier alpha value is -1.85. The van der Waals surface area contributed by atoms with Gasteiger partial charge in [-0.3, -0.25) is 9.59 Å². The normalized spacial score (nSPS) is 10.2. The first-order valence-corrected chi connectivity index (χ1v) is 6.13. The quantitative estimate of drug-likeness (QED) is 0.802. The van der Waals surface area contributed by atoms with Crippen molar-refractivity contribution in [1.29, 1.82) is 0 Å². The molecule has 0 spiro atoms. The molecular formula is C12H20N4O2. The molecule has 1 heterocycles. The van der Waals surface area contributed by atoms with E-state index in [4.69, 9.17) is 0 Å². The zero-order valence-electron chi connectivity index (χ0n) is 11.1. The Bertz CT molecular complexity index is 456. The Morgan fingerprint density at radius 2 is 2.22 bits per heavy atom. The molecule has 0 saturated carbocycles. The third-order valence-electron chi connectivity index (χ3n) is 2.69. The molecule has 0 aromatic carbocycles. The maximum absolute atomic E-state index is 11.9. The Morgan fingerprint density at radius 3 is 2.83 bits per heavy atom. The molecule has 1 aromatic rings. The van der Waals surface area contributed by atoms with E-state index >= 15 is 0 Å². The van der Waals surface area contributed by atoms with Gasteiger partial charge in [0, 0.05) is 32.5 Å². The number of anilines is 1. The van der Waals surface area contributed by atoms with Crippen LogP contribution in [-0.4, -0.2) is 40.5 Å². The van der Waals surface area contributed by atoms with E-state index in [-0.39, 0.29) is 23.8 Å². The lowest BCUT2D eigenvalue weighted by atomic mass is 10.4. The van der Waals surface area contributed by atoms with Gasteiger partial charge in [0.15, 0.2) is 5.82 Å². The maximum Gasteiger partial charge on any atom is 0.293 e. The van der Waals surface area contributed by atoms with Gasteiger partial charge in [0.25, 0.3) is 5.56 Å². The van der Waals surface area contributed by atoms with Crippen LogP contribution >= 0.6 is 0 Å². The van der Waals surface area contributed by atoms with Gasteiger partial charge in [0.1, 0.15) is 0 Å². The van der Waals surface area contributed by atoms with Crippen molar-refractivity contribution in [3.8, 4) is 0 Å². The number of hydrogen-bond donors (Lipinski definition) is 1. The van der Waals surface area contributed by atoms with Crippen molar-refractivity contribution in [1.82, 2.24) is 14.5 Å². The monoisotopic (exact) mass is 252 g/mol. The van der Waals surface area contributed by atoms with E-state index in [0.29, 0.717) is 13.1 Å². The van der Waals surface area contributed by atoms with E-state index in [0.717, 1.165) is 6.42 Å². The lowest BCUT2D eigenvalue weighted by molar-refractivity contribution is -0.127. The average molecular weight is 252 g/mol. The van der Waals surface area contributed by atoms with Gasteiger partial charge in [-0.15, -0.1) is 0 Å². The number of carbonyl (C=O) groups is 1. The number of nitrogens with zero attached hydrogens (tertiary/aromatic N) is 3. The molecule has 0 aliphatic carbocycles. The van der Waals surface area contributed by atoms with Crippen LogP contribution < -0.4 is 10.9 Å². The fraction of sp³-hybridized carbons (Fsp3) is 0.583. The van der Waals surface area contributed by atoms with Crippen LogP contribution in [0.25, 0.3) is 0 Å². The first-order chi connectivity index (χ1) is 8.60. The Kier molecular flexibility index (Phi) is 5.35. The minimum atomic E-state index is -0.189.